The lowest BCUT2D eigenvalue weighted by molar-refractivity contribution is -0.137. The molecule has 0 aromatic carbocycles. The topological polar surface area (TPSA) is 65.5 Å². The Labute approximate surface area is 101 Å². The number of hydrogen-bond donors (Lipinski definition) is 2. The molecule has 0 aliphatic heterocycles. The summed E-state index contributed by atoms with van der Waals surface area (Å²) in [6.45, 7) is -0.0865. The number of carbonyl (C=O) groups is 1. The van der Waals surface area contributed by atoms with Gasteiger partial charge in [-0.3, -0.25) is 5.32 Å². The molecule has 2 N–H and O–H groups in total. The molecule has 1 aromatic heterocycles. The van der Waals surface area contributed by atoms with Crippen LogP contribution in [0.5, 0.6) is 0 Å². The van der Waals surface area contributed by atoms with Crippen LogP contribution < -0.4 is 5.32 Å². The first kappa shape index (κ1) is 14.2. The molecule has 0 spiro atoms. The van der Waals surface area contributed by atoms with Crippen LogP contribution in [0.2, 0.25) is 0 Å². The van der Waals surface area contributed by atoms with Crippen LogP contribution in [0.4, 0.5) is 23.8 Å². The molecule has 0 aliphatic rings. The fraction of sp³-hybridized carbons (Fsp3) is 0.400. The number of halogens is 3. The van der Waals surface area contributed by atoms with Crippen molar-refractivity contribution in [1.29, 1.82) is 0 Å². The molecule has 100 valence electrons. The van der Waals surface area contributed by atoms with Gasteiger partial charge < -0.3 is 10.0 Å². The molecule has 2 amide bonds. The maximum atomic E-state index is 12.2. The van der Waals surface area contributed by atoms with Crippen LogP contribution in [0, 0.1) is 0 Å². The lowest BCUT2D eigenvalue weighted by Crippen LogP contribution is -2.33. The number of carbonyl (C=O) groups excluding carboxylic acids is 1. The fourth-order valence-electron chi connectivity index (χ4n) is 1.09. The Kier molecular flexibility index (Phi) is 4.49. The van der Waals surface area contributed by atoms with Gasteiger partial charge in [0.25, 0.3) is 0 Å². The van der Waals surface area contributed by atoms with Gasteiger partial charge in [0.05, 0.1) is 12.2 Å². The molecular formula is C10H12F3N3O2. The monoisotopic (exact) mass is 263 g/mol. The Bertz CT molecular complexity index is 406. The van der Waals surface area contributed by atoms with Gasteiger partial charge in [0, 0.05) is 19.8 Å². The second kappa shape index (κ2) is 5.67. The van der Waals surface area contributed by atoms with Crippen molar-refractivity contribution in [2.24, 2.45) is 0 Å². The van der Waals surface area contributed by atoms with Crippen LogP contribution in [-0.4, -0.2) is 41.2 Å². The third-order valence-corrected chi connectivity index (χ3v) is 2.11. The maximum absolute atomic E-state index is 12.2. The Morgan fingerprint density at radius 3 is 2.61 bits per heavy atom. The van der Waals surface area contributed by atoms with E-state index < -0.39 is 17.8 Å². The molecule has 0 atom stereocenters. The number of anilines is 1. The first-order chi connectivity index (χ1) is 8.34. The molecule has 1 aromatic rings. The first-order valence-corrected chi connectivity index (χ1v) is 5.01. The number of pyridine rings is 1. The minimum absolute atomic E-state index is 0.0118. The second-order valence-corrected chi connectivity index (χ2v) is 3.51. The van der Waals surface area contributed by atoms with E-state index in [1.165, 1.54) is 11.9 Å². The number of hydrogen-bond acceptors (Lipinski definition) is 3. The van der Waals surface area contributed by atoms with Gasteiger partial charge in [-0.05, 0) is 12.1 Å². The molecule has 0 radical (unpaired) electrons. The molecule has 0 saturated carbocycles. The van der Waals surface area contributed by atoms with Crippen molar-refractivity contribution in [3.8, 4) is 0 Å². The van der Waals surface area contributed by atoms with E-state index in [2.05, 4.69) is 10.3 Å². The van der Waals surface area contributed by atoms with Gasteiger partial charge in [-0.1, -0.05) is 0 Å². The average Bonchev–Trinajstić information content (AvgIpc) is 2.28. The van der Waals surface area contributed by atoms with Crippen LogP contribution in [0.1, 0.15) is 5.56 Å². The zero-order valence-corrected chi connectivity index (χ0v) is 9.53. The summed E-state index contributed by atoms with van der Waals surface area (Å²) in [5.74, 6) is 0.0118. The van der Waals surface area contributed by atoms with Crippen molar-refractivity contribution in [1.82, 2.24) is 9.88 Å². The third-order valence-electron chi connectivity index (χ3n) is 2.11. The highest BCUT2D eigenvalue weighted by atomic mass is 19.4. The van der Waals surface area contributed by atoms with E-state index in [0.717, 1.165) is 12.1 Å². The van der Waals surface area contributed by atoms with Gasteiger partial charge in [-0.25, -0.2) is 9.78 Å². The van der Waals surface area contributed by atoms with E-state index in [1.807, 2.05) is 0 Å². The molecule has 0 unspecified atom stereocenters. The van der Waals surface area contributed by atoms with E-state index in [4.69, 9.17) is 5.11 Å². The smallest absolute Gasteiger partial charge is 0.395 e. The predicted octanol–water partition coefficient (Wildman–Crippen LogP) is 1.56. The Morgan fingerprint density at radius 1 is 1.50 bits per heavy atom. The molecule has 0 saturated heterocycles. The van der Waals surface area contributed by atoms with Crippen molar-refractivity contribution >= 4 is 11.8 Å². The molecule has 18 heavy (non-hydrogen) atoms. The summed E-state index contributed by atoms with van der Waals surface area (Å²) in [6.07, 6.45) is -3.81. The van der Waals surface area contributed by atoms with E-state index in [-0.39, 0.29) is 19.0 Å². The maximum Gasteiger partial charge on any atom is 0.417 e. The summed E-state index contributed by atoms with van der Waals surface area (Å²) in [5.41, 5.74) is -0.885. The molecule has 1 rings (SSSR count). The first-order valence-electron chi connectivity index (χ1n) is 5.01. The number of urea groups is 1. The minimum atomic E-state index is -4.46. The van der Waals surface area contributed by atoms with Gasteiger partial charge in [0.1, 0.15) is 5.82 Å². The largest absolute Gasteiger partial charge is 0.417 e. The van der Waals surface area contributed by atoms with Crippen molar-refractivity contribution in [3.05, 3.63) is 23.9 Å². The van der Waals surface area contributed by atoms with Crippen molar-refractivity contribution in [2.45, 2.75) is 6.18 Å². The Hall–Kier alpha value is -1.83. The number of aliphatic hydroxyl groups excluding tert-OH is 1. The van der Waals surface area contributed by atoms with Gasteiger partial charge in [-0.2, -0.15) is 13.2 Å². The minimum Gasteiger partial charge on any atom is -0.395 e. The van der Waals surface area contributed by atoms with Crippen LogP contribution in [0.15, 0.2) is 18.3 Å². The number of alkyl halides is 3. The number of nitrogens with one attached hydrogen (secondary N) is 1. The Balaban J connectivity index is 2.67. The number of aliphatic hydroxyl groups is 1. The van der Waals surface area contributed by atoms with E-state index in [0.29, 0.717) is 6.20 Å². The number of likely N-dealkylation sites (N-methyl/N-ethyl adjacent to an activating group) is 1. The standard InChI is InChI=1S/C10H12F3N3O2/c1-16(4-5-17)9(18)15-8-3-2-7(6-14-8)10(11,12)13/h2-3,6,17H,4-5H2,1H3,(H,14,15,18). The number of amides is 2. The second-order valence-electron chi connectivity index (χ2n) is 3.51. The zero-order chi connectivity index (χ0) is 13.8. The quantitative estimate of drug-likeness (QED) is 0.869. The third kappa shape index (κ3) is 3.88. The summed E-state index contributed by atoms with van der Waals surface area (Å²) < 4.78 is 36.7. The number of rotatable bonds is 3. The van der Waals surface area contributed by atoms with Gasteiger partial charge in [0.2, 0.25) is 0 Å². The molecule has 0 aliphatic carbocycles. The highest BCUT2D eigenvalue weighted by Crippen LogP contribution is 2.28. The summed E-state index contributed by atoms with van der Waals surface area (Å²) in [6, 6.07) is 1.33. The fourth-order valence-corrected chi connectivity index (χ4v) is 1.09. The van der Waals surface area contributed by atoms with E-state index in [1.54, 1.807) is 0 Å². The molecule has 0 fully saturated rings. The number of aromatic nitrogens is 1. The highest BCUT2D eigenvalue weighted by Gasteiger charge is 2.30. The molecule has 8 heteroatoms. The van der Waals surface area contributed by atoms with E-state index >= 15 is 0 Å². The van der Waals surface area contributed by atoms with Crippen molar-refractivity contribution in [3.63, 3.8) is 0 Å². The lowest BCUT2D eigenvalue weighted by atomic mass is 10.3. The van der Waals surface area contributed by atoms with Gasteiger partial charge in [0.15, 0.2) is 0 Å². The van der Waals surface area contributed by atoms with Crippen molar-refractivity contribution in [2.75, 3.05) is 25.5 Å². The average molecular weight is 263 g/mol. The SMILES string of the molecule is CN(CCO)C(=O)Nc1ccc(C(F)(F)F)cn1. The molecule has 1 heterocycles. The van der Waals surface area contributed by atoms with Crippen LogP contribution in [-0.2, 0) is 6.18 Å². The van der Waals surface area contributed by atoms with Crippen LogP contribution >= 0.6 is 0 Å². The lowest BCUT2D eigenvalue weighted by Gasteiger charge is -2.16. The highest BCUT2D eigenvalue weighted by molar-refractivity contribution is 5.88. The van der Waals surface area contributed by atoms with Crippen LogP contribution in [0.3, 0.4) is 0 Å². The molecule has 0 bridgehead atoms. The van der Waals surface area contributed by atoms with E-state index in [9.17, 15) is 18.0 Å². The summed E-state index contributed by atoms with van der Waals surface area (Å²) >= 11 is 0. The summed E-state index contributed by atoms with van der Waals surface area (Å²) in [7, 11) is 1.44. The van der Waals surface area contributed by atoms with Gasteiger partial charge >= 0.3 is 12.2 Å². The van der Waals surface area contributed by atoms with Gasteiger partial charge in [-0.15, -0.1) is 0 Å². The summed E-state index contributed by atoms with van der Waals surface area (Å²) in [5, 5.41) is 10.9. The normalized spacial score (nSPS) is 11.2. The summed E-state index contributed by atoms with van der Waals surface area (Å²) in [4.78, 5) is 16.1. The van der Waals surface area contributed by atoms with Crippen molar-refractivity contribution < 1.29 is 23.1 Å². The molecule has 5 nitrogen and oxygen atoms in total. The zero-order valence-electron chi connectivity index (χ0n) is 9.53. The van der Waals surface area contributed by atoms with Crippen LogP contribution in [0.25, 0.3) is 0 Å². The number of nitrogens with zero attached hydrogens (tertiary/aromatic N) is 2. The molecular weight excluding hydrogens is 251 g/mol. The predicted molar refractivity (Wildman–Crippen MR) is 58.0 cm³/mol. The Morgan fingerprint density at radius 2 is 2.17 bits per heavy atom.